The summed E-state index contributed by atoms with van der Waals surface area (Å²) in [4.78, 5) is 22.3. The first-order valence-electron chi connectivity index (χ1n) is 4.02. The molecule has 0 bridgehead atoms. The zero-order valence-corrected chi connectivity index (χ0v) is 7.86. The molecule has 1 rings (SSSR count). The lowest BCUT2D eigenvalue weighted by Crippen LogP contribution is -2.31. The quantitative estimate of drug-likeness (QED) is 0.476. The van der Waals surface area contributed by atoms with Gasteiger partial charge in [-0.2, -0.15) is 11.8 Å². The SMILES string of the molecule is CCOC(=O)[C@@H]1CSCCC1=O. The maximum Gasteiger partial charge on any atom is 0.317 e. The van der Waals surface area contributed by atoms with Crippen LogP contribution >= 0.6 is 11.8 Å². The average Bonchev–Trinajstić information content (AvgIpc) is 2.05. The molecule has 0 spiro atoms. The summed E-state index contributed by atoms with van der Waals surface area (Å²) < 4.78 is 4.78. The van der Waals surface area contributed by atoms with Crippen molar-refractivity contribution in [1.82, 2.24) is 0 Å². The normalized spacial score (nSPS) is 23.8. The van der Waals surface area contributed by atoms with Crippen molar-refractivity contribution in [3.05, 3.63) is 0 Å². The topological polar surface area (TPSA) is 43.4 Å². The molecule has 0 aliphatic carbocycles. The summed E-state index contributed by atoms with van der Waals surface area (Å²) in [6.07, 6.45) is 0.508. The highest BCUT2D eigenvalue weighted by Gasteiger charge is 2.30. The molecule has 0 aromatic heterocycles. The monoisotopic (exact) mass is 188 g/mol. The molecular weight excluding hydrogens is 176 g/mol. The molecule has 0 N–H and O–H groups in total. The van der Waals surface area contributed by atoms with Crippen molar-refractivity contribution in [2.45, 2.75) is 13.3 Å². The summed E-state index contributed by atoms with van der Waals surface area (Å²) in [5.74, 6) is 0.623. The number of carbonyl (C=O) groups excluding carboxylic acids is 2. The maximum atomic E-state index is 11.2. The summed E-state index contributed by atoms with van der Waals surface area (Å²) in [5.41, 5.74) is 0. The minimum Gasteiger partial charge on any atom is -0.465 e. The third kappa shape index (κ3) is 2.24. The zero-order chi connectivity index (χ0) is 8.97. The van der Waals surface area contributed by atoms with Crippen molar-refractivity contribution < 1.29 is 14.3 Å². The van der Waals surface area contributed by atoms with Gasteiger partial charge in [0.25, 0.3) is 0 Å². The van der Waals surface area contributed by atoms with Gasteiger partial charge in [0.2, 0.25) is 0 Å². The van der Waals surface area contributed by atoms with E-state index in [1.165, 1.54) is 0 Å². The first-order valence-corrected chi connectivity index (χ1v) is 5.18. The highest BCUT2D eigenvalue weighted by Crippen LogP contribution is 2.20. The second-order valence-corrected chi connectivity index (χ2v) is 3.75. The zero-order valence-electron chi connectivity index (χ0n) is 7.04. The number of esters is 1. The van der Waals surface area contributed by atoms with Gasteiger partial charge in [-0.1, -0.05) is 0 Å². The second kappa shape index (κ2) is 4.50. The van der Waals surface area contributed by atoms with Gasteiger partial charge in [-0.15, -0.1) is 0 Å². The molecule has 1 atom stereocenters. The Morgan fingerprint density at radius 2 is 2.50 bits per heavy atom. The lowest BCUT2D eigenvalue weighted by Gasteiger charge is -2.17. The Morgan fingerprint density at radius 3 is 3.08 bits per heavy atom. The molecule has 4 heteroatoms. The van der Waals surface area contributed by atoms with Crippen LogP contribution in [-0.4, -0.2) is 29.9 Å². The van der Waals surface area contributed by atoms with Gasteiger partial charge in [-0.25, -0.2) is 0 Å². The lowest BCUT2D eigenvalue weighted by molar-refractivity contribution is -0.150. The van der Waals surface area contributed by atoms with E-state index in [1.807, 2.05) is 0 Å². The molecule has 68 valence electrons. The van der Waals surface area contributed by atoms with Gasteiger partial charge in [0.15, 0.2) is 0 Å². The molecule has 0 radical (unpaired) electrons. The number of hydrogen-bond donors (Lipinski definition) is 0. The van der Waals surface area contributed by atoms with Gasteiger partial charge in [0.1, 0.15) is 11.7 Å². The standard InChI is InChI=1S/C8H12O3S/c1-2-11-8(10)6-5-12-4-3-7(6)9/h6H,2-5H2,1H3/t6-/m1/s1. The third-order valence-electron chi connectivity index (χ3n) is 1.74. The largest absolute Gasteiger partial charge is 0.465 e. The maximum absolute atomic E-state index is 11.2. The molecule has 1 heterocycles. The number of rotatable bonds is 2. The molecule has 3 nitrogen and oxygen atoms in total. The van der Waals surface area contributed by atoms with Crippen LogP contribution in [0.25, 0.3) is 0 Å². The first kappa shape index (κ1) is 9.58. The Balaban J connectivity index is 2.48. The van der Waals surface area contributed by atoms with Crippen molar-refractivity contribution in [3.8, 4) is 0 Å². The fourth-order valence-electron chi connectivity index (χ4n) is 1.08. The van der Waals surface area contributed by atoms with Crippen LogP contribution in [0, 0.1) is 5.92 Å². The fourth-order valence-corrected chi connectivity index (χ4v) is 2.15. The van der Waals surface area contributed by atoms with E-state index in [-0.39, 0.29) is 11.8 Å². The van der Waals surface area contributed by atoms with E-state index in [4.69, 9.17) is 4.74 Å². The van der Waals surface area contributed by atoms with Gasteiger partial charge < -0.3 is 4.74 Å². The van der Waals surface area contributed by atoms with Crippen LogP contribution in [0.5, 0.6) is 0 Å². The van der Waals surface area contributed by atoms with Crippen LogP contribution in [0.2, 0.25) is 0 Å². The van der Waals surface area contributed by atoms with E-state index in [2.05, 4.69) is 0 Å². The highest BCUT2D eigenvalue weighted by molar-refractivity contribution is 7.99. The number of ketones is 1. The first-order chi connectivity index (χ1) is 5.75. The Morgan fingerprint density at radius 1 is 1.75 bits per heavy atom. The van der Waals surface area contributed by atoms with E-state index in [9.17, 15) is 9.59 Å². The third-order valence-corrected chi connectivity index (χ3v) is 2.80. The van der Waals surface area contributed by atoms with Crippen molar-refractivity contribution in [3.63, 3.8) is 0 Å². The summed E-state index contributed by atoms with van der Waals surface area (Å²) in [6.45, 7) is 2.10. The van der Waals surface area contributed by atoms with Crippen LogP contribution in [0.3, 0.4) is 0 Å². The number of ether oxygens (including phenoxy) is 1. The summed E-state index contributed by atoms with van der Waals surface area (Å²) in [6, 6.07) is 0. The number of hydrogen-bond acceptors (Lipinski definition) is 4. The predicted molar refractivity (Wildman–Crippen MR) is 47.1 cm³/mol. The molecule has 0 unspecified atom stereocenters. The summed E-state index contributed by atoms with van der Waals surface area (Å²) in [7, 11) is 0. The molecular formula is C8H12O3S. The molecule has 12 heavy (non-hydrogen) atoms. The lowest BCUT2D eigenvalue weighted by atomic mass is 10.0. The van der Waals surface area contributed by atoms with E-state index in [0.717, 1.165) is 5.75 Å². The smallest absolute Gasteiger partial charge is 0.317 e. The van der Waals surface area contributed by atoms with Gasteiger partial charge >= 0.3 is 5.97 Å². The van der Waals surface area contributed by atoms with Crippen molar-refractivity contribution in [1.29, 1.82) is 0 Å². The minimum atomic E-state index is -0.497. The van der Waals surface area contributed by atoms with Crippen LogP contribution in [0.15, 0.2) is 0 Å². The highest BCUT2D eigenvalue weighted by atomic mass is 32.2. The average molecular weight is 188 g/mol. The molecule has 0 saturated carbocycles. The Labute approximate surface area is 75.8 Å². The molecule has 1 aliphatic heterocycles. The van der Waals surface area contributed by atoms with Crippen molar-refractivity contribution in [2.24, 2.45) is 5.92 Å². The predicted octanol–water partition coefficient (Wildman–Crippen LogP) is 0.872. The fraction of sp³-hybridized carbons (Fsp3) is 0.750. The van der Waals surface area contributed by atoms with Gasteiger partial charge in [0, 0.05) is 17.9 Å². The molecule has 1 aliphatic rings. The molecule has 1 saturated heterocycles. The molecule has 0 aromatic rings. The Bertz CT molecular complexity index is 191. The number of thioether (sulfide) groups is 1. The Kier molecular flexibility index (Phi) is 3.59. The number of carbonyl (C=O) groups is 2. The van der Waals surface area contributed by atoms with Gasteiger partial charge in [-0.3, -0.25) is 9.59 Å². The van der Waals surface area contributed by atoms with Crippen molar-refractivity contribution >= 4 is 23.5 Å². The van der Waals surface area contributed by atoms with Crippen LogP contribution in [0.1, 0.15) is 13.3 Å². The van der Waals surface area contributed by atoms with E-state index >= 15 is 0 Å². The van der Waals surface area contributed by atoms with Gasteiger partial charge in [0.05, 0.1) is 6.61 Å². The summed E-state index contributed by atoms with van der Waals surface area (Å²) in [5, 5.41) is 0. The number of Topliss-reactive ketones (excluding diaryl/α,β-unsaturated/α-hetero) is 1. The molecule has 0 aromatic carbocycles. The Hall–Kier alpha value is -0.510. The van der Waals surface area contributed by atoms with Gasteiger partial charge in [-0.05, 0) is 6.92 Å². The molecule has 1 fully saturated rings. The summed E-state index contributed by atoms with van der Waals surface area (Å²) >= 11 is 1.64. The van der Waals surface area contributed by atoms with Crippen molar-refractivity contribution in [2.75, 3.05) is 18.1 Å². The van der Waals surface area contributed by atoms with E-state index in [1.54, 1.807) is 18.7 Å². The van der Waals surface area contributed by atoms with Crippen LogP contribution < -0.4 is 0 Å². The van der Waals surface area contributed by atoms with E-state index < -0.39 is 5.92 Å². The minimum absolute atomic E-state index is 0.0344. The second-order valence-electron chi connectivity index (χ2n) is 2.60. The van der Waals surface area contributed by atoms with Crippen LogP contribution in [0.4, 0.5) is 0 Å². The van der Waals surface area contributed by atoms with E-state index in [0.29, 0.717) is 18.8 Å². The molecule has 0 amide bonds. The van der Waals surface area contributed by atoms with Crippen LogP contribution in [-0.2, 0) is 14.3 Å².